The molecule has 248 valence electrons. The number of H-pyrrole nitrogens is 1. The highest BCUT2D eigenvalue weighted by Crippen LogP contribution is 2.29. The van der Waals surface area contributed by atoms with Crippen molar-refractivity contribution in [1.29, 1.82) is 0 Å². The predicted molar refractivity (Wildman–Crippen MR) is 205 cm³/mol. The van der Waals surface area contributed by atoms with E-state index in [0.717, 1.165) is 76.5 Å². The molecule has 0 aliphatic rings. The van der Waals surface area contributed by atoms with Crippen LogP contribution in [0.15, 0.2) is 95.8 Å². The van der Waals surface area contributed by atoms with Gasteiger partial charge < -0.3 is 19.0 Å². The Balaban J connectivity index is 0.000000178. The Hall–Kier alpha value is -3.03. The average Bonchev–Trinajstić information content (AvgIpc) is 3.78. The maximum absolute atomic E-state index is 5.95. The normalized spacial score (nSPS) is 10.7. The van der Waals surface area contributed by atoms with Crippen LogP contribution in [0.5, 0.6) is 11.5 Å². The van der Waals surface area contributed by atoms with Crippen molar-refractivity contribution in [2.45, 2.75) is 23.2 Å². The molecule has 4 heterocycles. The SMILES string of the molecule is CSCCCOc1cccc2[nH]ccc12.CSCCCOc1cccc2c1ccn2-c1ccnc(SC)n1.CSc1nccc(Cl)n1. The highest BCUT2D eigenvalue weighted by atomic mass is 35.5. The topological polar surface area (TPSA) is 90.7 Å². The Labute approximate surface area is 298 Å². The second-order valence-corrected chi connectivity index (χ2v) is 13.6. The molecule has 0 atom stereocenters. The van der Waals surface area contributed by atoms with Crippen molar-refractivity contribution in [3.63, 3.8) is 0 Å². The first-order chi connectivity index (χ1) is 23.1. The first-order valence-electron chi connectivity index (χ1n) is 14.9. The van der Waals surface area contributed by atoms with E-state index < -0.39 is 0 Å². The number of rotatable bonds is 13. The zero-order valence-electron chi connectivity index (χ0n) is 26.9. The molecule has 0 radical (unpaired) electrons. The Bertz CT molecular complexity index is 1800. The van der Waals surface area contributed by atoms with E-state index >= 15 is 0 Å². The number of aromatic amines is 1. The lowest BCUT2D eigenvalue weighted by Crippen LogP contribution is -2.00. The number of fused-ring (bicyclic) bond motifs is 2. The molecule has 47 heavy (non-hydrogen) atoms. The molecule has 4 aromatic heterocycles. The molecule has 0 unspecified atom stereocenters. The van der Waals surface area contributed by atoms with Gasteiger partial charge in [0.05, 0.1) is 18.7 Å². The van der Waals surface area contributed by atoms with Crippen molar-refractivity contribution in [2.24, 2.45) is 0 Å². The van der Waals surface area contributed by atoms with Gasteiger partial charge in [0.15, 0.2) is 10.3 Å². The fraction of sp³-hybridized carbons (Fsp3) is 0.294. The smallest absolute Gasteiger partial charge is 0.189 e. The van der Waals surface area contributed by atoms with Crippen molar-refractivity contribution in [3.05, 3.63) is 90.6 Å². The summed E-state index contributed by atoms with van der Waals surface area (Å²) in [5, 5.41) is 4.26. The van der Waals surface area contributed by atoms with Crippen molar-refractivity contribution in [2.75, 3.05) is 49.7 Å². The third-order valence-corrected chi connectivity index (χ3v) is 9.31. The molecule has 2 aromatic carbocycles. The summed E-state index contributed by atoms with van der Waals surface area (Å²) in [6.45, 7) is 1.54. The van der Waals surface area contributed by atoms with Crippen LogP contribution in [0.1, 0.15) is 12.8 Å². The third kappa shape index (κ3) is 11.3. The van der Waals surface area contributed by atoms with E-state index in [0.29, 0.717) is 10.3 Å². The van der Waals surface area contributed by atoms with E-state index in [1.54, 1.807) is 30.2 Å². The molecular formula is C34H39ClN6O2S4. The van der Waals surface area contributed by atoms with E-state index in [4.69, 9.17) is 21.1 Å². The summed E-state index contributed by atoms with van der Waals surface area (Å²) < 4.78 is 13.8. The summed E-state index contributed by atoms with van der Waals surface area (Å²) in [4.78, 5) is 19.8. The van der Waals surface area contributed by atoms with Crippen molar-refractivity contribution in [3.8, 4) is 17.3 Å². The number of aromatic nitrogens is 6. The molecular weight excluding hydrogens is 688 g/mol. The molecule has 0 amide bonds. The summed E-state index contributed by atoms with van der Waals surface area (Å²) in [6.07, 6.45) is 17.7. The molecule has 0 aliphatic carbocycles. The first-order valence-corrected chi connectivity index (χ1v) is 20.5. The number of benzene rings is 2. The van der Waals surface area contributed by atoms with Gasteiger partial charge in [0.2, 0.25) is 0 Å². The van der Waals surface area contributed by atoms with Crippen molar-refractivity contribution in [1.82, 2.24) is 29.5 Å². The lowest BCUT2D eigenvalue weighted by atomic mass is 10.2. The Kier molecular flexibility index (Phi) is 15.9. The predicted octanol–water partition coefficient (Wildman–Crippen LogP) is 9.43. The quantitative estimate of drug-likeness (QED) is 0.0537. The van der Waals surface area contributed by atoms with Crippen LogP contribution in [-0.2, 0) is 0 Å². The Morgan fingerprint density at radius 1 is 0.723 bits per heavy atom. The summed E-state index contributed by atoms with van der Waals surface area (Å²) in [7, 11) is 0. The van der Waals surface area contributed by atoms with Crippen LogP contribution in [0.2, 0.25) is 5.15 Å². The lowest BCUT2D eigenvalue weighted by molar-refractivity contribution is 0.322. The van der Waals surface area contributed by atoms with Crippen LogP contribution in [0.25, 0.3) is 27.6 Å². The number of thioether (sulfide) groups is 4. The average molecular weight is 727 g/mol. The van der Waals surface area contributed by atoms with Gasteiger partial charge >= 0.3 is 0 Å². The van der Waals surface area contributed by atoms with Gasteiger partial charge in [0.25, 0.3) is 0 Å². The second kappa shape index (κ2) is 20.4. The van der Waals surface area contributed by atoms with E-state index in [-0.39, 0.29) is 0 Å². The number of ether oxygens (including phenoxy) is 2. The van der Waals surface area contributed by atoms with Crippen LogP contribution < -0.4 is 9.47 Å². The van der Waals surface area contributed by atoms with E-state index in [1.165, 1.54) is 17.1 Å². The van der Waals surface area contributed by atoms with E-state index in [2.05, 4.69) is 66.3 Å². The first kappa shape index (κ1) is 36.8. The van der Waals surface area contributed by atoms with Gasteiger partial charge in [-0.2, -0.15) is 23.5 Å². The number of halogens is 1. The number of nitrogens with one attached hydrogen (secondary N) is 1. The highest BCUT2D eigenvalue weighted by molar-refractivity contribution is 7.99. The Morgan fingerprint density at radius 3 is 2.00 bits per heavy atom. The van der Waals surface area contributed by atoms with Crippen LogP contribution in [0.3, 0.4) is 0 Å². The molecule has 1 N–H and O–H groups in total. The number of hydrogen-bond acceptors (Lipinski definition) is 10. The molecule has 0 spiro atoms. The molecule has 6 aromatic rings. The molecule has 0 saturated carbocycles. The molecule has 0 aliphatic heterocycles. The number of hydrogen-bond donors (Lipinski definition) is 1. The van der Waals surface area contributed by atoms with Crippen LogP contribution >= 0.6 is 58.6 Å². The zero-order valence-corrected chi connectivity index (χ0v) is 30.9. The fourth-order valence-corrected chi connectivity index (χ4v) is 6.11. The van der Waals surface area contributed by atoms with E-state index in [9.17, 15) is 0 Å². The summed E-state index contributed by atoms with van der Waals surface area (Å²) in [5.74, 6) is 5.06. The van der Waals surface area contributed by atoms with Crippen molar-refractivity contribution < 1.29 is 9.47 Å². The van der Waals surface area contributed by atoms with Crippen LogP contribution in [0.4, 0.5) is 0 Å². The maximum atomic E-state index is 5.95. The van der Waals surface area contributed by atoms with Gasteiger partial charge in [-0.15, -0.1) is 0 Å². The van der Waals surface area contributed by atoms with Gasteiger partial charge in [-0.25, -0.2) is 19.9 Å². The highest BCUT2D eigenvalue weighted by Gasteiger charge is 2.09. The summed E-state index contributed by atoms with van der Waals surface area (Å²) in [5.41, 5.74) is 2.23. The number of nitrogens with zero attached hydrogens (tertiary/aromatic N) is 5. The fourth-order valence-electron chi connectivity index (χ4n) is 4.40. The summed E-state index contributed by atoms with van der Waals surface area (Å²) >= 11 is 12.3. The molecule has 0 bridgehead atoms. The third-order valence-electron chi connectivity index (χ3n) is 6.58. The van der Waals surface area contributed by atoms with Gasteiger partial charge in [0.1, 0.15) is 22.5 Å². The molecule has 0 saturated heterocycles. The molecule has 6 rings (SSSR count). The minimum Gasteiger partial charge on any atom is -0.493 e. The van der Waals surface area contributed by atoms with Crippen molar-refractivity contribution >= 4 is 80.5 Å². The van der Waals surface area contributed by atoms with Gasteiger partial charge in [-0.05, 0) is 97.9 Å². The van der Waals surface area contributed by atoms with Gasteiger partial charge in [-0.3, -0.25) is 0 Å². The van der Waals surface area contributed by atoms with E-state index in [1.807, 2.05) is 78.8 Å². The zero-order chi connectivity index (χ0) is 33.3. The van der Waals surface area contributed by atoms with Gasteiger partial charge in [-0.1, -0.05) is 47.3 Å². The maximum Gasteiger partial charge on any atom is 0.189 e. The largest absolute Gasteiger partial charge is 0.493 e. The summed E-state index contributed by atoms with van der Waals surface area (Å²) in [6, 6.07) is 20.0. The molecule has 8 nitrogen and oxygen atoms in total. The van der Waals surface area contributed by atoms with Crippen LogP contribution in [0, 0.1) is 0 Å². The minimum atomic E-state index is 0.495. The van der Waals surface area contributed by atoms with Gasteiger partial charge in [0, 0.05) is 41.1 Å². The lowest BCUT2D eigenvalue weighted by Gasteiger charge is -2.09. The standard InChI is InChI=1S/C17H19N3OS2.C12H15NOS.C5H5ClN2S/c1-22-12-4-11-21-15-6-3-5-14-13(15)8-10-20(14)16-7-9-18-17(19-16)23-2;1-15-9-3-8-14-12-5-2-4-11-10(12)6-7-13-11;1-9-5-7-3-2-4(6)8-5/h3,5-10H,4,11-12H2,1-2H3;2,4-7,13H,3,8-9H2,1H3;2-3H,1H3. The molecule has 13 heteroatoms. The van der Waals surface area contributed by atoms with Crippen LogP contribution in [-0.4, -0.2) is 79.2 Å². The molecule has 0 fully saturated rings. The second-order valence-electron chi connectivity index (χ2n) is 9.73. The Morgan fingerprint density at radius 2 is 1.36 bits per heavy atom. The minimum absolute atomic E-state index is 0.495. The monoisotopic (exact) mass is 726 g/mol.